The van der Waals surface area contributed by atoms with Crippen LogP contribution in [-0.4, -0.2) is 45.0 Å². The molecule has 1 fully saturated rings. The fourth-order valence-electron chi connectivity index (χ4n) is 2.44. The summed E-state index contributed by atoms with van der Waals surface area (Å²) in [7, 11) is -1.65. The van der Waals surface area contributed by atoms with Gasteiger partial charge in [0.25, 0.3) is 0 Å². The number of carbonyl (C=O) groups excluding carboxylic acids is 2. The van der Waals surface area contributed by atoms with Crippen LogP contribution in [-0.2, 0) is 25.2 Å². The number of carbonyl (C=O) groups is 2. The highest BCUT2D eigenvalue weighted by Gasteiger charge is 2.28. The number of nitrogens with one attached hydrogen (secondary N) is 1. The highest BCUT2D eigenvalue weighted by molar-refractivity contribution is 7.89. The molecule has 6 nitrogen and oxygen atoms in total. The van der Waals surface area contributed by atoms with Crippen LogP contribution >= 0.6 is 0 Å². The van der Waals surface area contributed by atoms with Crippen molar-refractivity contribution in [3.63, 3.8) is 0 Å². The second-order valence-electron chi connectivity index (χ2n) is 5.87. The third-order valence-electron chi connectivity index (χ3n) is 3.77. The van der Waals surface area contributed by atoms with Gasteiger partial charge < -0.3 is 10.2 Å². The Hall–Kier alpha value is -1.96. The minimum absolute atomic E-state index is 0.0555. The molecule has 1 aliphatic heterocycles. The van der Waals surface area contributed by atoms with Gasteiger partial charge in [-0.1, -0.05) is 6.07 Å². The SMILES string of the molecule is CN1CCC(C(=O)Nc2ccc(CS(C)(=O)=O)c(F)c2)CC1=O. The Kier molecular flexibility index (Phi) is 5.03. The molecule has 1 aromatic carbocycles. The van der Waals surface area contributed by atoms with Crippen LogP contribution in [0.1, 0.15) is 18.4 Å². The Morgan fingerprint density at radius 2 is 2.13 bits per heavy atom. The van der Waals surface area contributed by atoms with Gasteiger partial charge in [0.15, 0.2) is 9.84 Å². The maximum atomic E-state index is 13.9. The molecule has 1 N–H and O–H groups in total. The maximum absolute atomic E-state index is 13.9. The lowest BCUT2D eigenvalue weighted by Gasteiger charge is -2.27. The molecular weight excluding hydrogens is 323 g/mol. The van der Waals surface area contributed by atoms with E-state index in [1.807, 2.05) is 0 Å². The van der Waals surface area contributed by atoms with Gasteiger partial charge in [0.05, 0.1) is 5.75 Å². The number of anilines is 1. The number of hydrogen-bond acceptors (Lipinski definition) is 4. The van der Waals surface area contributed by atoms with Crippen LogP contribution in [0.15, 0.2) is 18.2 Å². The number of amides is 2. The van der Waals surface area contributed by atoms with Gasteiger partial charge in [0.1, 0.15) is 5.82 Å². The number of likely N-dealkylation sites (tertiary alicyclic amines) is 1. The third kappa shape index (κ3) is 4.75. The van der Waals surface area contributed by atoms with Crippen molar-refractivity contribution < 1.29 is 22.4 Å². The van der Waals surface area contributed by atoms with Crippen molar-refractivity contribution in [3.8, 4) is 0 Å². The molecule has 1 aromatic rings. The van der Waals surface area contributed by atoms with Gasteiger partial charge in [-0.25, -0.2) is 12.8 Å². The van der Waals surface area contributed by atoms with E-state index < -0.39 is 27.3 Å². The van der Waals surface area contributed by atoms with Crippen molar-refractivity contribution in [2.24, 2.45) is 5.92 Å². The average Bonchev–Trinajstić information content (AvgIpc) is 2.43. The fourth-order valence-corrected chi connectivity index (χ4v) is 3.23. The number of rotatable bonds is 4. The van der Waals surface area contributed by atoms with E-state index in [-0.39, 0.29) is 29.5 Å². The van der Waals surface area contributed by atoms with Gasteiger partial charge in [0.2, 0.25) is 11.8 Å². The zero-order valence-electron chi connectivity index (χ0n) is 13.0. The lowest BCUT2D eigenvalue weighted by Crippen LogP contribution is -2.39. The predicted octanol–water partition coefficient (Wildman–Crippen LogP) is 1.18. The lowest BCUT2D eigenvalue weighted by atomic mass is 9.95. The van der Waals surface area contributed by atoms with Crippen molar-refractivity contribution in [3.05, 3.63) is 29.6 Å². The third-order valence-corrected chi connectivity index (χ3v) is 4.60. The van der Waals surface area contributed by atoms with Crippen LogP contribution in [0.4, 0.5) is 10.1 Å². The highest BCUT2D eigenvalue weighted by atomic mass is 32.2. The molecule has 0 radical (unpaired) electrons. The van der Waals surface area contributed by atoms with Gasteiger partial charge in [-0.05, 0) is 18.6 Å². The largest absolute Gasteiger partial charge is 0.346 e. The number of nitrogens with zero attached hydrogens (tertiary/aromatic N) is 1. The van der Waals surface area contributed by atoms with Crippen LogP contribution < -0.4 is 5.32 Å². The van der Waals surface area contributed by atoms with Gasteiger partial charge in [-0.3, -0.25) is 9.59 Å². The molecule has 8 heteroatoms. The van der Waals surface area contributed by atoms with Crippen LogP contribution in [0.5, 0.6) is 0 Å². The molecule has 0 spiro atoms. The van der Waals surface area contributed by atoms with Crippen molar-refractivity contribution in [1.82, 2.24) is 4.90 Å². The monoisotopic (exact) mass is 342 g/mol. The van der Waals surface area contributed by atoms with Crippen LogP contribution in [0.2, 0.25) is 0 Å². The summed E-state index contributed by atoms with van der Waals surface area (Å²) >= 11 is 0. The second-order valence-corrected chi connectivity index (χ2v) is 8.01. The molecule has 0 aromatic heterocycles. The highest BCUT2D eigenvalue weighted by Crippen LogP contribution is 2.21. The predicted molar refractivity (Wildman–Crippen MR) is 83.9 cm³/mol. The summed E-state index contributed by atoms with van der Waals surface area (Å²) in [5.41, 5.74) is 0.302. The lowest BCUT2D eigenvalue weighted by molar-refractivity contribution is -0.137. The molecule has 126 valence electrons. The zero-order valence-corrected chi connectivity index (χ0v) is 13.8. The van der Waals surface area contributed by atoms with Crippen LogP contribution in [0, 0.1) is 11.7 Å². The molecule has 1 saturated heterocycles. The maximum Gasteiger partial charge on any atom is 0.228 e. The van der Waals surface area contributed by atoms with Gasteiger partial charge in [-0.2, -0.15) is 0 Å². The summed E-state index contributed by atoms with van der Waals surface area (Å²) in [6, 6.07) is 3.89. The Morgan fingerprint density at radius 1 is 1.43 bits per heavy atom. The standard InChI is InChI=1S/C15H19FN2O4S/c1-18-6-5-10(7-14(18)19)15(20)17-12-4-3-11(13(16)8-12)9-23(2,21)22/h3-4,8,10H,5-7,9H2,1-2H3,(H,17,20). The smallest absolute Gasteiger partial charge is 0.228 e. The molecule has 1 atom stereocenters. The Morgan fingerprint density at radius 3 is 2.70 bits per heavy atom. The first-order valence-electron chi connectivity index (χ1n) is 7.16. The van der Waals surface area contributed by atoms with E-state index in [1.54, 1.807) is 11.9 Å². The molecule has 2 rings (SSSR count). The Balaban J connectivity index is 2.04. The first-order valence-corrected chi connectivity index (χ1v) is 9.23. The summed E-state index contributed by atoms with van der Waals surface area (Å²) in [6.07, 6.45) is 1.72. The van der Waals surface area contributed by atoms with E-state index in [9.17, 15) is 22.4 Å². The summed E-state index contributed by atoms with van der Waals surface area (Å²) in [5.74, 6) is -1.94. The molecule has 0 saturated carbocycles. The molecule has 0 aliphatic carbocycles. The molecule has 23 heavy (non-hydrogen) atoms. The van der Waals surface area contributed by atoms with Crippen molar-refractivity contribution in [2.45, 2.75) is 18.6 Å². The first kappa shape index (κ1) is 17.4. The first-order chi connectivity index (χ1) is 10.7. The molecular formula is C15H19FN2O4S. The quantitative estimate of drug-likeness (QED) is 0.890. The van der Waals surface area contributed by atoms with Crippen LogP contribution in [0.25, 0.3) is 0 Å². The Labute approximate surface area is 134 Å². The Bertz CT molecular complexity index is 733. The zero-order chi connectivity index (χ0) is 17.2. The summed E-state index contributed by atoms with van der Waals surface area (Å²) in [4.78, 5) is 25.3. The van der Waals surface area contributed by atoms with E-state index in [1.165, 1.54) is 12.1 Å². The number of sulfone groups is 1. The molecule has 1 unspecified atom stereocenters. The van der Waals surface area contributed by atoms with E-state index >= 15 is 0 Å². The average molecular weight is 342 g/mol. The molecule has 0 bridgehead atoms. The summed E-state index contributed by atoms with van der Waals surface area (Å²) in [5, 5.41) is 2.58. The minimum atomic E-state index is -3.33. The van der Waals surface area contributed by atoms with Gasteiger partial charge in [-0.15, -0.1) is 0 Å². The molecule has 2 amide bonds. The van der Waals surface area contributed by atoms with E-state index in [0.717, 1.165) is 12.3 Å². The second kappa shape index (κ2) is 6.66. The number of hydrogen-bond donors (Lipinski definition) is 1. The number of benzene rings is 1. The van der Waals surface area contributed by atoms with Crippen LogP contribution in [0.3, 0.4) is 0 Å². The number of piperidine rings is 1. The van der Waals surface area contributed by atoms with E-state index in [2.05, 4.69) is 5.32 Å². The minimum Gasteiger partial charge on any atom is -0.346 e. The molecule has 1 aliphatic rings. The summed E-state index contributed by atoms with van der Waals surface area (Å²) < 4.78 is 36.3. The number of halogens is 1. The molecule has 1 heterocycles. The van der Waals surface area contributed by atoms with Crippen molar-refractivity contribution in [1.29, 1.82) is 0 Å². The van der Waals surface area contributed by atoms with E-state index in [4.69, 9.17) is 0 Å². The van der Waals surface area contributed by atoms with Crippen molar-refractivity contribution >= 4 is 27.3 Å². The normalized spacial score (nSPS) is 18.8. The fraction of sp³-hybridized carbons (Fsp3) is 0.467. The summed E-state index contributed by atoms with van der Waals surface area (Å²) in [6.45, 7) is 0.512. The van der Waals surface area contributed by atoms with Gasteiger partial charge in [0, 0.05) is 43.4 Å². The van der Waals surface area contributed by atoms with Crippen molar-refractivity contribution in [2.75, 3.05) is 25.2 Å². The topological polar surface area (TPSA) is 83.6 Å². The van der Waals surface area contributed by atoms with Gasteiger partial charge >= 0.3 is 0 Å². The van der Waals surface area contributed by atoms with E-state index in [0.29, 0.717) is 13.0 Å².